The summed E-state index contributed by atoms with van der Waals surface area (Å²) in [4.78, 5) is 12.5. The van der Waals surface area contributed by atoms with E-state index in [-0.39, 0.29) is 0 Å². The summed E-state index contributed by atoms with van der Waals surface area (Å²) in [5, 5.41) is 13.0. The van der Waals surface area contributed by atoms with Crippen LogP contribution in [0, 0.1) is 6.92 Å². The Bertz CT molecular complexity index is 360. The molecule has 1 rings (SSSR count). The van der Waals surface area contributed by atoms with E-state index < -0.39 is 12.0 Å². The van der Waals surface area contributed by atoms with Gasteiger partial charge in [0.25, 0.3) is 0 Å². The van der Waals surface area contributed by atoms with Gasteiger partial charge in [-0.3, -0.25) is 14.4 Å². The van der Waals surface area contributed by atoms with Crippen LogP contribution in [0.2, 0.25) is 0 Å². The fourth-order valence-corrected chi connectivity index (χ4v) is 1.29. The Balaban J connectivity index is 2.70. The molecule has 0 bridgehead atoms. The van der Waals surface area contributed by atoms with Gasteiger partial charge in [-0.15, -0.1) is 0 Å². The number of carbonyl (C=O) groups is 1. The molecule has 1 heterocycles. The highest BCUT2D eigenvalue weighted by molar-refractivity contribution is 5.72. The number of rotatable bonds is 4. The van der Waals surface area contributed by atoms with Gasteiger partial charge in [-0.2, -0.15) is 5.10 Å². The van der Waals surface area contributed by atoms with Crippen molar-refractivity contribution in [2.45, 2.75) is 26.4 Å². The van der Waals surface area contributed by atoms with Crippen molar-refractivity contribution in [1.29, 1.82) is 0 Å². The van der Waals surface area contributed by atoms with Crippen LogP contribution in [0.5, 0.6) is 0 Å². The molecule has 0 aliphatic carbocycles. The number of carboxylic acids is 1. The lowest BCUT2D eigenvalue weighted by Crippen LogP contribution is -2.35. The lowest BCUT2D eigenvalue weighted by molar-refractivity contribution is -0.142. The first-order chi connectivity index (χ1) is 6.93. The van der Waals surface area contributed by atoms with E-state index in [1.807, 2.05) is 14.0 Å². The van der Waals surface area contributed by atoms with Crippen molar-refractivity contribution in [3.8, 4) is 0 Å². The SMILES string of the molecule is Cc1c(CN(C)C(C)C(=O)O)cnn1C. The smallest absolute Gasteiger partial charge is 0.320 e. The average molecular weight is 211 g/mol. The molecular weight excluding hydrogens is 194 g/mol. The molecule has 0 saturated heterocycles. The zero-order valence-corrected chi connectivity index (χ0v) is 9.56. The molecule has 1 atom stereocenters. The average Bonchev–Trinajstić information content (AvgIpc) is 2.48. The van der Waals surface area contributed by atoms with Gasteiger partial charge in [0.15, 0.2) is 0 Å². The van der Waals surface area contributed by atoms with Crippen LogP contribution in [0.3, 0.4) is 0 Å². The van der Waals surface area contributed by atoms with Gasteiger partial charge in [0.05, 0.1) is 6.20 Å². The molecule has 0 fully saturated rings. The first-order valence-corrected chi connectivity index (χ1v) is 4.84. The third-order valence-electron chi connectivity index (χ3n) is 2.78. The Kier molecular flexibility index (Phi) is 3.47. The number of hydrogen-bond acceptors (Lipinski definition) is 3. The number of hydrogen-bond donors (Lipinski definition) is 1. The van der Waals surface area contributed by atoms with Crippen LogP contribution in [0.25, 0.3) is 0 Å². The molecule has 0 aromatic carbocycles. The Morgan fingerprint density at radius 3 is 2.73 bits per heavy atom. The van der Waals surface area contributed by atoms with Crippen LogP contribution in [0.15, 0.2) is 6.20 Å². The maximum Gasteiger partial charge on any atom is 0.320 e. The maximum atomic E-state index is 10.8. The highest BCUT2D eigenvalue weighted by atomic mass is 16.4. The number of aromatic nitrogens is 2. The van der Waals surface area contributed by atoms with Crippen LogP contribution in [-0.2, 0) is 18.4 Å². The third-order valence-corrected chi connectivity index (χ3v) is 2.78. The van der Waals surface area contributed by atoms with E-state index in [2.05, 4.69) is 5.10 Å². The quantitative estimate of drug-likeness (QED) is 0.793. The minimum absolute atomic E-state index is 0.482. The van der Waals surface area contributed by atoms with Gasteiger partial charge in [0, 0.05) is 24.8 Å². The van der Waals surface area contributed by atoms with E-state index in [1.165, 1.54) is 0 Å². The maximum absolute atomic E-state index is 10.8. The van der Waals surface area contributed by atoms with Crippen molar-refractivity contribution in [2.75, 3.05) is 7.05 Å². The van der Waals surface area contributed by atoms with Crippen LogP contribution in [-0.4, -0.2) is 38.8 Å². The highest BCUT2D eigenvalue weighted by Gasteiger charge is 2.18. The van der Waals surface area contributed by atoms with Gasteiger partial charge in [-0.25, -0.2) is 0 Å². The molecule has 0 radical (unpaired) electrons. The van der Waals surface area contributed by atoms with Gasteiger partial charge >= 0.3 is 5.97 Å². The normalized spacial score (nSPS) is 13.1. The first kappa shape index (κ1) is 11.7. The van der Waals surface area contributed by atoms with Gasteiger partial charge in [-0.1, -0.05) is 0 Å². The second-order valence-corrected chi connectivity index (χ2v) is 3.81. The molecule has 1 aromatic rings. The molecular formula is C10H17N3O2. The number of aliphatic carboxylic acids is 1. The predicted molar refractivity (Wildman–Crippen MR) is 56.5 cm³/mol. The Hall–Kier alpha value is -1.36. The second-order valence-electron chi connectivity index (χ2n) is 3.81. The monoisotopic (exact) mass is 211 g/mol. The van der Waals surface area contributed by atoms with E-state index in [4.69, 9.17) is 5.11 Å². The second kappa shape index (κ2) is 4.44. The molecule has 1 aromatic heterocycles. The summed E-state index contributed by atoms with van der Waals surface area (Å²) in [6.45, 7) is 4.25. The van der Waals surface area contributed by atoms with Gasteiger partial charge in [0.2, 0.25) is 0 Å². The van der Waals surface area contributed by atoms with Crippen molar-refractivity contribution in [3.63, 3.8) is 0 Å². The first-order valence-electron chi connectivity index (χ1n) is 4.84. The fourth-order valence-electron chi connectivity index (χ4n) is 1.29. The van der Waals surface area contributed by atoms with E-state index in [0.29, 0.717) is 6.54 Å². The molecule has 0 aliphatic rings. The van der Waals surface area contributed by atoms with E-state index >= 15 is 0 Å². The highest BCUT2D eigenvalue weighted by Crippen LogP contribution is 2.10. The fraction of sp³-hybridized carbons (Fsp3) is 0.600. The lowest BCUT2D eigenvalue weighted by Gasteiger charge is -2.20. The van der Waals surface area contributed by atoms with Crippen LogP contribution in [0.4, 0.5) is 0 Å². The molecule has 15 heavy (non-hydrogen) atoms. The predicted octanol–water partition coefficient (Wildman–Crippen LogP) is 0.633. The molecule has 1 N–H and O–H groups in total. The third kappa shape index (κ3) is 2.56. The minimum atomic E-state index is -0.806. The van der Waals surface area contributed by atoms with E-state index in [1.54, 1.807) is 29.7 Å². The van der Waals surface area contributed by atoms with Crippen LogP contribution >= 0.6 is 0 Å². The Morgan fingerprint density at radius 1 is 1.73 bits per heavy atom. The van der Waals surface area contributed by atoms with E-state index in [0.717, 1.165) is 11.3 Å². The summed E-state index contributed by atoms with van der Waals surface area (Å²) in [6.07, 6.45) is 1.78. The van der Waals surface area contributed by atoms with Crippen molar-refractivity contribution in [3.05, 3.63) is 17.5 Å². The summed E-state index contributed by atoms with van der Waals surface area (Å²) in [6, 6.07) is -0.482. The Labute approximate surface area is 89.3 Å². The topological polar surface area (TPSA) is 58.4 Å². The van der Waals surface area contributed by atoms with Gasteiger partial charge in [0.1, 0.15) is 6.04 Å². The molecule has 0 spiro atoms. The summed E-state index contributed by atoms with van der Waals surface area (Å²) in [5.41, 5.74) is 2.13. The number of carboxylic acid groups (broad SMARTS) is 1. The zero-order chi connectivity index (χ0) is 11.6. The van der Waals surface area contributed by atoms with Gasteiger partial charge in [-0.05, 0) is 20.9 Å². The standard InChI is InChI=1S/C10H17N3O2/c1-7-9(5-11-13(7)4)6-12(3)8(2)10(14)15/h5,8H,6H2,1-4H3,(H,14,15). The molecule has 1 unspecified atom stereocenters. The summed E-state index contributed by atoms with van der Waals surface area (Å²) < 4.78 is 1.79. The van der Waals surface area contributed by atoms with Crippen molar-refractivity contribution in [1.82, 2.24) is 14.7 Å². The molecule has 84 valence electrons. The minimum Gasteiger partial charge on any atom is -0.480 e. The molecule has 5 nitrogen and oxygen atoms in total. The number of likely N-dealkylation sites (N-methyl/N-ethyl adjacent to an activating group) is 1. The van der Waals surface area contributed by atoms with Crippen molar-refractivity contribution < 1.29 is 9.90 Å². The molecule has 5 heteroatoms. The Morgan fingerprint density at radius 2 is 2.33 bits per heavy atom. The van der Waals surface area contributed by atoms with Crippen molar-refractivity contribution >= 4 is 5.97 Å². The number of aryl methyl sites for hydroxylation is 1. The van der Waals surface area contributed by atoms with Crippen LogP contribution < -0.4 is 0 Å². The van der Waals surface area contributed by atoms with Crippen LogP contribution in [0.1, 0.15) is 18.2 Å². The summed E-state index contributed by atoms with van der Waals surface area (Å²) in [5.74, 6) is -0.806. The number of nitrogens with zero attached hydrogens (tertiary/aromatic N) is 3. The molecule has 0 aliphatic heterocycles. The molecule has 0 amide bonds. The van der Waals surface area contributed by atoms with Gasteiger partial charge < -0.3 is 5.11 Å². The van der Waals surface area contributed by atoms with Crippen molar-refractivity contribution in [2.24, 2.45) is 7.05 Å². The largest absolute Gasteiger partial charge is 0.480 e. The summed E-state index contributed by atoms with van der Waals surface area (Å²) in [7, 11) is 3.67. The molecule has 0 saturated carbocycles. The zero-order valence-electron chi connectivity index (χ0n) is 9.56. The summed E-state index contributed by atoms with van der Waals surface area (Å²) >= 11 is 0. The lowest BCUT2D eigenvalue weighted by atomic mass is 10.2. The van der Waals surface area contributed by atoms with E-state index in [9.17, 15) is 4.79 Å².